The van der Waals surface area contributed by atoms with E-state index in [1.807, 2.05) is 0 Å². The van der Waals surface area contributed by atoms with Crippen LogP contribution in [0.4, 0.5) is 0 Å². The van der Waals surface area contributed by atoms with E-state index in [0.29, 0.717) is 25.9 Å². The molecule has 0 rings (SSSR count). The van der Waals surface area contributed by atoms with E-state index in [0.717, 1.165) is 38.5 Å². The van der Waals surface area contributed by atoms with Gasteiger partial charge in [-0.2, -0.15) is 0 Å². The van der Waals surface area contributed by atoms with Crippen LogP contribution in [0.3, 0.4) is 0 Å². The second kappa shape index (κ2) is 61.4. The Kier molecular flexibility index (Phi) is 60.4. The summed E-state index contributed by atoms with van der Waals surface area (Å²) in [6, 6.07) is -0.539. The van der Waals surface area contributed by atoms with E-state index in [1.165, 1.54) is 308 Å². The maximum atomic E-state index is 12.5. The number of hydrogen-bond acceptors (Lipinski definition) is 5. The second-order valence-corrected chi connectivity index (χ2v) is 22.8. The first kappa shape index (κ1) is 69.9. The minimum Gasteiger partial charge on any atom is -0.466 e. The maximum absolute atomic E-state index is 12.5. The van der Waals surface area contributed by atoms with Crippen molar-refractivity contribution in [2.24, 2.45) is 0 Å². The van der Waals surface area contributed by atoms with Gasteiger partial charge in [-0.1, -0.05) is 341 Å². The molecule has 6 heteroatoms. The van der Waals surface area contributed by atoms with Crippen LogP contribution in [0.2, 0.25) is 0 Å². The highest BCUT2D eigenvalue weighted by molar-refractivity contribution is 5.76. The topological polar surface area (TPSA) is 95.9 Å². The van der Waals surface area contributed by atoms with Crippen molar-refractivity contribution in [2.45, 2.75) is 392 Å². The van der Waals surface area contributed by atoms with Gasteiger partial charge in [0.2, 0.25) is 5.91 Å². The third-order valence-electron chi connectivity index (χ3n) is 15.7. The molecule has 1 amide bonds. The molecule has 2 atom stereocenters. The van der Waals surface area contributed by atoms with Crippen LogP contribution < -0.4 is 5.32 Å². The third kappa shape index (κ3) is 58.0. The Bertz CT molecular complexity index is 1020. The molecule has 2 unspecified atom stereocenters. The van der Waals surface area contributed by atoms with Crippen LogP contribution in [0.25, 0.3) is 0 Å². The van der Waals surface area contributed by atoms with Crippen LogP contribution in [0, 0.1) is 0 Å². The van der Waals surface area contributed by atoms with E-state index in [9.17, 15) is 19.8 Å². The first-order valence-corrected chi connectivity index (χ1v) is 32.8. The highest BCUT2D eigenvalue weighted by Crippen LogP contribution is 2.19. The number of nitrogens with one attached hydrogen (secondary N) is 1. The van der Waals surface area contributed by atoms with E-state index in [-0.39, 0.29) is 18.5 Å². The number of carbonyl (C=O) groups is 2. The second-order valence-electron chi connectivity index (χ2n) is 22.8. The van der Waals surface area contributed by atoms with Crippen molar-refractivity contribution in [1.82, 2.24) is 5.32 Å². The van der Waals surface area contributed by atoms with Crippen molar-refractivity contribution in [2.75, 3.05) is 13.2 Å². The quantitative estimate of drug-likeness (QED) is 0.0417. The van der Waals surface area contributed by atoms with Crippen LogP contribution >= 0.6 is 0 Å². The average molecular weight is 1000 g/mol. The first-order valence-electron chi connectivity index (χ1n) is 32.8. The van der Waals surface area contributed by atoms with Crippen LogP contribution in [0.5, 0.6) is 0 Å². The zero-order chi connectivity index (χ0) is 51.4. The molecule has 0 aromatic rings. The van der Waals surface area contributed by atoms with E-state index in [1.54, 1.807) is 0 Å². The molecule has 0 aromatic heterocycles. The van der Waals surface area contributed by atoms with E-state index in [2.05, 4.69) is 19.2 Å². The van der Waals surface area contributed by atoms with Gasteiger partial charge >= 0.3 is 5.97 Å². The molecule has 0 saturated heterocycles. The summed E-state index contributed by atoms with van der Waals surface area (Å²) in [5.74, 6) is -0.0120. The molecule has 0 aliphatic carbocycles. The van der Waals surface area contributed by atoms with Crippen molar-refractivity contribution < 1.29 is 24.5 Å². The molecule has 0 spiro atoms. The molecule has 0 heterocycles. The number of unbranched alkanes of at least 4 members (excludes halogenated alkanes) is 51. The van der Waals surface area contributed by atoms with Gasteiger partial charge in [0.15, 0.2) is 0 Å². The summed E-state index contributed by atoms with van der Waals surface area (Å²) in [6.07, 6.45) is 72.7. The largest absolute Gasteiger partial charge is 0.466 e. The lowest BCUT2D eigenvalue weighted by atomic mass is 10.0. The van der Waals surface area contributed by atoms with Crippen LogP contribution in [-0.2, 0) is 14.3 Å². The van der Waals surface area contributed by atoms with Crippen LogP contribution in [-0.4, -0.2) is 47.4 Å². The first-order chi connectivity index (χ1) is 35.0. The molecule has 0 fully saturated rings. The Morgan fingerprint density at radius 2 is 0.577 bits per heavy atom. The zero-order valence-electron chi connectivity index (χ0n) is 48.5. The number of ether oxygens (including phenoxy) is 1. The molecule has 0 aromatic carbocycles. The summed E-state index contributed by atoms with van der Waals surface area (Å²) < 4.78 is 5.50. The van der Waals surface area contributed by atoms with Crippen LogP contribution in [0.15, 0.2) is 0 Å². The highest BCUT2D eigenvalue weighted by Gasteiger charge is 2.20. The summed E-state index contributed by atoms with van der Waals surface area (Å²) in [4.78, 5) is 24.6. The van der Waals surface area contributed by atoms with Gasteiger partial charge < -0.3 is 20.3 Å². The molecule has 0 radical (unpaired) electrons. The zero-order valence-corrected chi connectivity index (χ0v) is 48.5. The molecule has 71 heavy (non-hydrogen) atoms. The van der Waals surface area contributed by atoms with Crippen molar-refractivity contribution in [1.29, 1.82) is 0 Å². The van der Waals surface area contributed by atoms with Crippen molar-refractivity contribution in [3.63, 3.8) is 0 Å². The number of aliphatic hydroxyl groups is 2. The van der Waals surface area contributed by atoms with Gasteiger partial charge in [0.1, 0.15) is 0 Å². The molecule has 0 bridgehead atoms. The van der Waals surface area contributed by atoms with Crippen molar-refractivity contribution in [3.8, 4) is 0 Å². The predicted octanol–water partition coefficient (Wildman–Crippen LogP) is 20.6. The Morgan fingerprint density at radius 1 is 0.338 bits per heavy atom. The number of aliphatic hydroxyl groups excluding tert-OH is 2. The Labute approximate surface area is 445 Å². The minimum atomic E-state index is -0.662. The van der Waals surface area contributed by atoms with Gasteiger partial charge in [-0.15, -0.1) is 0 Å². The van der Waals surface area contributed by atoms with Crippen LogP contribution in [0.1, 0.15) is 380 Å². The van der Waals surface area contributed by atoms with E-state index < -0.39 is 12.1 Å². The Morgan fingerprint density at radius 3 is 0.859 bits per heavy atom. The minimum absolute atomic E-state index is 0.0191. The smallest absolute Gasteiger partial charge is 0.305 e. The molecular formula is C65H129NO5. The van der Waals surface area contributed by atoms with Gasteiger partial charge in [-0.3, -0.25) is 9.59 Å². The summed E-state index contributed by atoms with van der Waals surface area (Å²) in [5, 5.41) is 23.3. The lowest BCUT2D eigenvalue weighted by Gasteiger charge is -2.22. The van der Waals surface area contributed by atoms with E-state index in [4.69, 9.17) is 4.74 Å². The number of hydrogen-bond donors (Lipinski definition) is 3. The van der Waals surface area contributed by atoms with Gasteiger partial charge in [-0.05, 0) is 25.7 Å². The maximum Gasteiger partial charge on any atom is 0.305 e. The number of esters is 1. The normalized spacial score (nSPS) is 12.5. The average Bonchev–Trinajstić information content (AvgIpc) is 3.37. The fourth-order valence-electron chi connectivity index (χ4n) is 10.6. The SMILES string of the molecule is CCCCCCCCCCCCCCCCCCC(=O)OCCCCCCCCCCCCCCCCCCCCCCCCCC(=O)NC(CO)C(O)CCCCCCCCCCCCCCCCC. The number of amides is 1. The molecule has 0 aliphatic heterocycles. The molecular weight excluding hydrogens is 875 g/mol. The Balaban J connectivity index is 3.34. The predicted molar refractivity (Wildman–Crippen MR) is 310 cm³/mol. The lowest BCUT2D eigenvalue weighted by molar-refractivity contribution is -0.143. The molecule has 3 N–H and O–H groups in total. The van der Waals surface area contributed by atoms with Gasteiger partial charge in [0.25, 0.3) is 0 Å². The van der Waals surface area contributed by atoms with Crippen molar-refractivity contribution >= 4 is 11.9 Å². The summed E-state index contributed by atoms with van der Waals surface area (Å²) >= 11 is 0. The Hall–Kier alpha value is -1.14. The fraction of sp³-hybridized carbons (Fsp3) is 0.969. The molecule has 6 nitrogen and oxygen atoms in total. The van der Waals surface area contributed by atoms with Crippen molar-refractivity contribution in [3.05, 3.63) is 0 Å². The summed E-state index contributed by atoms with van der Waals surface area (Å²) in [7, 11) is 0. The highest BCUT2D eigenvalue weighted by atomic mass is 16.5. The summed E-state index contributed by atoms with van der Waals surface area (Å²) in [6.45, 7) is 4.99. The monoisotopic (exact) mass is 1000 g/mol. The standard InChI is InChI=1S/C65H129NO5/c1-3-5-7-9-11-13-15-17-19-31-35-39-43-47-51-55-59-65(70)71-60-56-52-48-44-40-36-32-28-26-24-22-20-21-23-25-27-30-34-38-42-46-50-54-58-64(69)66-62(61-67)63(68)57-53-49-45-41-37-33-29-18-16-14-12-10-8-6-4-2/h62-63,67-68H,3-61H2,1-2H3,(H,66,69). The summed E-state index contributed by atoms with van der Waals surface area (Å²) in [5.41, 5.74) is 0. The fourth-order valence-corrected chi connectivity index (χ4v) is 10.6. The molecule has 0 aliphatic rings. The third-order valence-corrected chi connectivity index (χ3v) is 15.7. The number of carbonyl (C=O) groups excluding carboxylic acids is 2. The van der Waals surface area contributed by atoms with Gasteiger partial charge in [0.05, 0.1) is 25.4 Å². The number of rotatable bonds is 62. The van der Waals surface area contributed by atoms with Gasteiger partial charge in [0, 0.05) is 12.8 Å². The van der Waals surface area contributed by atoms with Gasteiger partial charge in [-0.25, -0.2) is 0 Å². The molecule has 424 valence electrons. The lowest BCUT2D eigenvalue weighted by Crippen LogP contribution is -2.45. The molecule has 0 saturated carbocycles. The van der Waals surface area contributed by atoms with E-state index >= 15 is 0 Å².